The first kappa shape index (κ1) is 18.4. The Bertz CT molecular complexity index is 522. The number of fused-ring (bicyclic) bond motifs is 3. The fraction of sp³-hybridized carbons (Fsp3) is 0.900. The minimum atomic E-state index is -0.793. The summed E-state index contributed by atoms with van der Waals surface area (Å²) in [7, 11) is 0. The van der Waals surface area contributed by atoms with Crippen molar-refractivity contribution in [2.24, 2.45) is 22.7 Å². The third-order valence-electron chi connectivity index (χ3n) is 7.88. The molecule has 0 bridgehead atoms. The number of ether oxygens (including phenoxy) is 1. The zero-order valence-electron chi connectivity index (χ0n) is 15.6. The van der Waals surface area contributed by atoms with E-state index in [1.165, 1.54) is 0 Å². The van der Waals surface area contributed by atoms with E-state index in [-0.39, 0.29) is 35.1 Å². The van der Waals surface area contributed by atoms with E-state index < -0.39 is 17.6 Å². The van der Waals surface area contributed by atoms with E-state index >= 15 is 0 Å². The molecule has 1 saturated heterocycles. The minimum Gasteiger partial charge on any atom is -0.396 e. The van der Waals surface area contributed by atoms with Crippen molar-refractivity contribution >= 4 is 0 Å². The van der Waals surface area contributed by atoms with E-state index in [0.717, 1.165) is 25.7 Å². The largest absolute Gasteiger partial charge is 0.396 e. The molecule has 1 aliphatic heterocycles. The van der Waals surface area contributed by atoms with Crippen LogP contribution in [-0.2, 0) is 4.74 Å². The Hall–Kier alpha value is -0.420. The van der Waals surface area contributed by atoms with Gasteiger partial charge in [0.25, 0.3) is 0 Å². The lowest BCUT2D eigenvalue weighted by Gasteiger charge is -2.67. The summed E-state index contributed by atoms with van der Waals surface area (Å²) in [5.41, 5.74) is -1.47. The average molecular weight is 338 g/mol. The van der Waals surface area contributed by atoms with Crippen molar-refractivity contribution in [1.29, 1.82) is 0 Å². The predicted molar refractivity (Wildman–Crippen MR) is 93.5 cm³/mol. The predicted octanol–water partition coefficient (Wildman–Crippen LogP) is 2.66. The summed E-state index contributed by atoms with van der Waals surface area (Å²) in [6, 6.07) is 0. The van der Waals surface area contributed by atoms with Crippen molar-refractivity contribution in [1.82, 2.24) is 0 Å². The van der Waals surface area contributed by atoms with E-state index in [2.05, 4.69) is 34.3 Å². The Labute approximate surface area is 145 Å². The number of aliphatic hydroxyl groups is 3. The van der Waals surface area contributed by atoms with Gasteiger partial charge in [0.2, 0.25) is 0 Å². The van der Waals surface area contributed by atoms with Crippen molar-refractivity contribution < 1.29 is 20.1 Å². The molecule has 2 saturated carbocycles. The SMILES string of the molecule is C=C[C@@]1(C)CCC2[C@]3(C)C(CC[C@@]2(C)O1)[C@](C)(CO)C[C@H](O)[C@H]3O. The molecule has 0 aromatic carbocycles. The molecule has 0 aromatic heterocycles. The second-order valence-electron chi connectivity index (χ2n) is 9.51. The van der Waals surface area contributed by atoms with E-state index in [0.29, 0.717) is 6.42 Å². The highest BCUT2D eigenvalue weighted by molar-refractivity contribution is 5.16. The Morgan fingerprint density at radius 1 is 1.08 bits per heavy atom. The third-order valence-corrected chi connectivity index (χ3v) is 7.88. The molecule has 0 aromatic rings. The Morgan fingerprint density at radius 2 is 1.71 bits per heavy atom. The first-order valence-electron chi connectivity index (χ1n) is 9.35. The van der Waals surface area contributed by atoms with Crippen molar-refractivity contribution in [2.45, 2.75) is 83.2 Å². The smallest absolute Gasteiger partial charge is 0.0859 e. The highest BCUT2D eigenvalue weighted by atomic mass is 16.5. The Morgan fingerprint density at radius 3 is 2.29 bits per heavy atom. The molecule has 8 atom stereocenters. The standard InChI is InChI=1S/C20H34O4/c1-6-18(3)9-7-15-19(4,24-18)10-8-14-17(2,12-21)11-13(22)16(23)20(14,15)5/h6,13-16,21-23H,1,7-12H2,2-5H3/t13-,14?,15?,16+,17-,18-,19+,20-/m0/s1. The quantitative estimate of drug-likeness (QED) is 0.677. The molecule has 3 N–H and O–H groups in total. The summed E-state index contributed by atoms with van der Waals surface area (Å²) in [5, 5.41) is 31.6. The van der Waals surface area contributed by atoms with E-state index in [9.17, 15) is 15.3 Å². The van der Waals surface area contributed by atoms with Gasteiger partial charge in [-0.1, -0.05) is 19.9 Å². The normalized spacial score (nSPS) is 57.8. The molecule has 4 nitrogen and oxygen atoms in total. The molecule has 4 heteroatoms. The van der Waals surface area contributed by atoms with Gasteiger partial charge < -0.3 is 20.1 Å². The fourth-order valence-corrected chi connectivity index (χ4v) is 6.55. The molecule has 24 heavy (non-hydrogen) atoms. The summed E-state index contributed by atoms with van der Waals surface area (Å²) in [5.74, 6) is 0.343. The summed E-state index contributed by atoms with van der Waals surface area (Å²) in [6.07, 6.45) is 4.42. The van der Waals surface area contributed by atoms with Gasteiger partial charge in [0.1, 0.15) is 0 Å². The molecule has 3 fully saturated rings. The lowest BCUT2D eigenvalue weighted by molar-refractivity contribution is -0.291. The Balaban J connectivity index is 2.03. The second-order valence-corrected chi connectivity index (χ2v) is 9.51. The van der Waals surface area contributed by atoms with E-state index in [4.69, 9.17) is 4.74 Å². The van der Waals surface area contributed by atoms with Gasteiger partial charge in [0.15, 0.2) is 0 Å². The molecule has 2 unspecified atom stereocenters. The zero-order chi connectivity index (χ0) is 18.0. The van der Waals surface area contributed by atoms with Crippen LogP contribution < -0.4 is 0 Å². The highest BCUT2D eigenvalue weighted by Crippen LogP contribution is 2.65. The van der Waals surface area contributed by atoms with Gasteiger partial charge in [-0.2, -0.15) is 0 Å². The van der Waals surface area contributed by atoms with Crippen LogP contribution in [-0.4, -0.2) is 45.3 Å². The molecular weight excluding hydrogens is 304 g/mol. The van der Waals surface area contributed by atoms with Gasteiger partial charge in [0.05, 0.1) is 23.4 Å². The van der Waals surface area contributed by atoms with Gasteiger partial charge in [-0.25, -0.2) is 0 Å². The lowest BCUT2D eigenvalue weighted by Crippen LogP contribution is -2.69. The van der Waals surface area contributed by atoms with Crippen molar-refractivity contribution in [3.63, 3.8) is 0 Å². The van der Waals surface area contributed by atoms with Gasteiger partial charge in [-0.3, -0.25) is 0 Å². The molecule has 0 amide bonds. The lowest BCUT2D eigenvalue weighted by atomic mass is 9.42. The average Bonchev–Trinajstić information content (AvgIpc) is 2.52. The van der Waals surface area contributed by atoms with E-state index in [1.54, 1.807) is 0 Å². The third kappa shape index (κ3) is 2.33. The van der Waals surface area contributed by atoms with Crippen LogP contribution >= 0.6 is 0 Å². The summed E-state index contributed by atoms with van der Waals surface area (Å²) < 4.78 is 6.54. The Kier molecular flexibility index (Phi) is 4.24. The summed E-state index contributed by atoms with van der Waals surface area (Å²) in [4.78, 5) is 0. The molecule has 0 radical (unpaired) electrons. The molecule has 3 rings (SSSR count). The van der Waals surface area contributed by atoms with Crippen molar-refractivity contribution in [3.8, 4) is 0 Å². The maximum Gasteiger partial charge on any atom is 0.0859 e. The summed E-state index contributed by atoms with van der Waals surface area (Å²) in [6.45, 7) is 12.4. The van der Waals surface area contributed by atoms with E-state index in [1.807, 2.05) is 6.08 Å². The molecule has 1 heterocycles. The van der Waals surface area contributed by atoms with Crippen molar-refractivity contribution in [2.75, 3.05) is 6.61 Å². The molecule has 3 aliphatic rings. The van der Waals surface area contributed by atoms with Gasteiger partial charge in [-0.15, -0.1) is 6.58 Å². The second kappa shape index (κ2) is 5.54. The first-order chi connectivity index (χ1) is 11.0. The van der Waals surface area contributed by atoms with Crippen LogP contribution in [0.3, 0.4) is 0 Å². The van der Waals surface area contributed by atoms with Crippen LogP contribution in [0.15, 0.2) is 12.7 Å². The van der Waals surface area contributed by atoms with Crippen LogP contribution in [0.25, 0.3) is 0 Å². The van der Waals surface area contributed by atoms with Crippen LogP contribution in [0.5, 0.6) is 0 Å². The number of rotatable bonds is 2. The molecule has 2 aliphatic carbocycles. The van der Waals surface area contributed by atoms with Crippen molar-refractivity contribution in [3.05, 3.63) is 12.7 Å². The number of aliphatic hydroxyl groups excluding tert-OH is 3. The maximum absolute atomic E-state index is 11.0. The maximum atomic E-state index is 11.0. The van der Waals surface area contributed by atoms with Gasteiger partial charge in [-0.05, 0) is 63.2 Å². The van der Waals surface area contributed by atoms with Gasteiger partial charge >= 0.3 is 0 Å². The van der Waals surface area contributed by atoms with Crippen LogP contribution in [0, 0.1) is 22.7 Å². The number of hydrogen-bond acceptors (Lipinski definition) is 4. The van der Waals surface area contributed by atoms with Crippen LogP contribution in [0.4, 0.5) is 0 Å². The topological polar surface area (TPSA) is 69.9 Å². The minimum absolute atomic E-state index is 0.0473. The highest BCUT2D eigenvalue weighted by Gasteiger charge is 2.66. The van der Waals surface area contributed by atoms with Crippen LogP contribution in [0.2, 0.25) is 0 Å². The monoisotopic (exact) mass is 338 g/mol. The molecular formula is C20H34O4. The van der Waals surface area contributed by atoms with Crippen LogP contribution in [0.1, 0.15) is 59.8 Å². The van der Waals surface area contributed by atoms with Gasteiger partial charge in [0, 0.05) is 12.0 Å². The molecule has 138 valence electrons. The molecule has 0 spiro atoms. The fourth-order valence-electron chi connectivity index (χ4n) is 6.55. The summed E-state index contributed by atoms with van der Waals surface area (Å²) >= 11 is 0. The zero-order valence-corrected chi connectivity index (χ0v) is 15.6. The first-order valence-corrected chi connectivity index (χ1v) is 9.35. The number of hydrogen-bond donors (Lipinski definition) is 3.